The molecule has 2 rings (SSSR count). The fourth-order valence-corrected chi connectivity index (χ4v) is 5.11. The van der Waals surface area contributed by atoms with Crippen molar-refractivity contribution < 1.29 is 8.42 Å². The van der Waals surface area contributed by atoms with Crippen LogP contribution >= 0.6 is 11.3 Å². The van der Waals surface area contributed by atoms with E-state index < -0.39 is 10.0 Å². The van der Waals surface area contributed by atoms with Crippen LogP contribution in [0.2, 0.25) is 0 Å². The highest BCUT2D eigenvalue weighted by molar-refractivity contribution is 7.89. The maximum Gasteiger partial charge on any atom is 0.241 e. The average molecular weight is 332 g/mol. The van der Waals surface area contributed by atoms with E-state index in [-0.39, 0.29) is 6.04 Å². The molecule has 1 saturated carbocycles. The Morgan fingerprint density at radius 3 is 2.71 bits per heavy atom. The number of hydrogen-bond donors (Lipinski definition) is 2. The molecule has 1 aliphatic rings. The average Bonchev–Trinajstić information content (AvgIpc) is 3.20. The van der Waals surface area contributed by atoms with Crippen LogP contribution < -0.4 is 10.0 Å². The Morgan fingerprint density at radius 1 is 1.48 bits per heavy atom. The zero-order valence-electron chi connectivity index (χ0n) is 13.1. The maximum atomic E-state index is 12.4. The topological polar surface area (TPSA) is 61.4 Å². The molecule has 2 N–H and O–H groups in total. The van der Waals surface area contributed by atoms with Gasteiger partial charge in [0.1, 0.15) is 0 Å². The Balaban J connectivity index is 2.00. The number of aryl methyl sites for hydroxylation is 1. The Labute approximate surface area is 131 Å². The van der Waals surface area contributed by atoms with Crippen molar-refractivity contribution in [1.82, 2.24) is 14.9 Å². The van der Waals surface area contributed by atoms with Crippen LogP contribution in [0.25, 0.3) is 0 Å². The van der Waals surface area contributed by atoms with Gasteiger partial charge in [-0.3, -0.25) is 4.90 Å². The molecule has 1 aromatic heterocycles. The molecular formula is C14H25N3O2S2. The van der Waals surface area contributed by atoms with Gasteiger partial charge < -0.3 is 5.32 Å². The quantitative estimate of drug-likeness (QED) is 0.758. The minimum absolute atomic E-state index is 0.211. The van der Waals surface area contributed by atoms with Crippen LogP contribution in [0, 0.1) is 6.92 Å². The van der Waals surface area contributed by atoms with Crippen LogP contribution in [0.4, 0.5) is 0 Å². The molecule has 5 nitrogen and oxygen atoms in total. The van der Waals surface area contributed by atoms with E-state index in [1.807, 2.05) is 14.0 Å². The summed E-state index contributed by atoms with van der Waals surface area (Å²) in [5.41, 5.74) is 0. The molecule has 1 aliphatic carbocycles. The molecule has 21 heavy (non-hydrogen) atoms. The number of sulfonamides is 1. The van der Waals surface area contributed by atoms with Gasteiger partial charge in [0.2, 0.25) is 10.0 Å². The SMILES string of the molecule is CNCc1cc(S(=O)(=O)NCC(C)N(C)C2CC2)c(C)s1. The summed E-state index contributed by atoms with van der Waals surface area (Å²) in [6.07, 6.45) is 2.45. The summed E-state index contributed by atoms with van der Waals surface area (Å²) in [6.45, 7) is 5.07. The number of hydrogen-bond acceptors (Lipinski definition) is 5. The van der Waals surface area contributed by atoms with Crippen LogP contribution in [-0.2, 0) is 16.6 Å². The van der Waals surface area contributed by atoms with Crippen molar-refractivity contribution in [3.05, 3.63) is 15.8 Å². The third-order valence-corrected chi connectivity index (χ3v) is 6.68. The van der Waals surface area contributed by atoms with Crippen LogP contribution in [0.1, 0.15) is 29.5 Å². The smallest absolute Gasteiger partial charge is 0.241 e. The molecule has 1 unspecified atom stereocenters. The molecule has 0 aromatic carbocycles. The van der Waals surface area contributed by atoms with E-state index in [4.69, 9.17) is 0 Å². The fraction of sp³-hybridized carbons (Fsp3) is 0.714. The Hall–Kier alpha value is -0.470. The minimum Gasteiger partial charge on any atom is -0.315 e. The number of likely N-dealkylation sites (N-methyl/N-ethyl adjacent to an activating group) is 1. The summed E-state index contributed by atoms with van der Waals surface area (Å²) in [5, 5.41) is 3.05. The van der Waals surface area contributed by atoms with Gasteiger partial charge in [0.15, 0.2) is 0 Å². The van der Waals surface area contributed by atoms with Gasteiger partial charge in [0.25, 0.3) is 0 Å². The number of nitrogens with zero attached hydrogens (tertiary/aromatic N) is 1. The van der Waals surface area contributed by atoms with Crippen molar-refractivity contribution in [2.75, 3.05) is 20.6 Å². The van der Waals surface area contributed by atoms with Crippen molar-refractivity contribution in [3.63, 3.8) is 0 Å². The van der Waals surface area contributed by atoms with E-state index in [0.717, 1.165) is 9.75 Å². The van der Waals surface area contributed by atoms with Gasteiger partial charge in [0.05, 0.1) is 4.90 Å². The van der Waals surface area contributed by atoms with Crippen LogP contribution in [0.5, 0.6) is 0 Å². The Kier molecular flexibility index (Phi) is 5.43. The fourth-order valence-electron chi connectivity index (χ4n) is 2.35. The first kappa shape index (κ1) is 16.9. The second kappa shape index (κ2) is 6.75. The lowest BCUT2D eigenvalue weighted by molar-refractivity contribution is 0.248. The summed E-state index contributed by atoms with van der Waals surface area (Å²) in [5.74, 6) is 0. The monoisotopic (exact) mass is 331 g/mol. The summed E-state index contributed by atoms with van der Waals surface area (Å²) >= 11 is 1.53. The largest absolute Gasteiger partial charge is 0.315 e. The van der Waals surface area contributed by atoms with Gasteiger partial charge in [-0.15, -0.1) is 11.3 Å². The molecule has 120 valence electrons. The third-order valence-electron chi connectivity index (χ3n) is 3.95. The lowest BCUT2D eigenvalue weighted by Gasteiger charge is -2.24. The van der Waals surface area contributed by atoms with E-state index in [1.165, 1.54) is 24.2 Å². The molecule has 0 saturated heterocycles. The van der Waals surface area contributed by atoms with Gasteiger partial charge in [0, 0.05) is 34.9 Å². The lowest BCUT2D eigenvalue weighted by atomic mass is 10.3. The zero-order chi connectivity index (χ0) is 15.6. The zero-order valence-corrected chi connectivity index (χ0v) is 14.8. The molecule has 1 aromatic rings. The highest BCUT2D eigenvalue weighted by Crippen LogP contribution is 2.27. The van der Waals surface area contributed by atoms with E-state index in [0.29, 0.717) is 24.0 Å². The highest BCUT2D eigenvalue weighted by Gasteiger charge is 2.30. The molecule has 0 aliphatic heterocycles. The van der Waals surface area contributed by atoms with E-state index in [1.54, 1.807) is 6.07 Å². The van der Waals surface area contributed by atoms with Crippen molar-refractivity contribution >= 4 is 21.4 Å². The molecule has 0 radical (unpaired) electrons. The normalized spacial score (nSPS) is 17.4. The second-order valence-electron chi connectivity index (χ2n) is 5.76. The molecule has 7 heteroatoms. The summed E-state index contributed by atoms with van der Waals surface area (Å²) < 4.78 is 27.6. The standard InChI is InChI=1S/C14H25N3O2S2/c1-10(17(4)12-5-6-12)8-16-21(18,19)14-7-13(9-15-3)20-11(14)2/h7,10,12,15-16H,5-6,8-9H2,1-4H3. The van der Waals surface area contributed by atoms with E-state index in [2.05, 4.69) is 28.9 Å². The van der Waals surface area contributed by atoms with Crippen LogP contribution in [-0.4, -0.2) is 46.0 Å². The number of nitrogens with one attached hydrogen (secondary N) is 2. The molecule has 0 bridgehead atoms. The van der Waals surface area contributed by atoms with Crippen LogP contribution in [0.3, 0.4) is 0 Å². The predicted octanol–water partition coefficient (Wildman–Crippen LogP) is 1.54. The Morgan fingerprint density at radius 2 is 2.14 bits per heavy atom. The minimum atomic E-state index is -3.42. The van der Waals surface area contributed by atoms with Gasteiger partial charge in [-0.25, -0.2) is 13.1 Å². The molecule has 1 heterocycles. The van der Waals surface area contributed by atoms with Gasteiger partial charge in [-0.05, 0) is 46.9 Å². The van der Waals surface area contributed by atoms with Crippen LogP contribution in [0.15, 0.2) is 11.0 Å². The predicted molar refractivity (Wildman–Crippen MR) is 87.3 cm³/mol. The number of thiophene rings is 1. The first-order chi connectivity index (χ1) is 9.85. The lowest BCUT2D eigenvalue weighted by Crippen LogP contribution is -2.41. The summed E-state index contributed by atoms with van der Waals surface area (Å²) in [4.78, 5) is 4.56. The van der Waals surface area contributed by atoms with Gasteiger partial charge >= 0.3 is 0 Å². The maximum absolute atomic E-state index is 12.4. The van der Waals surface area contributed by atoms with Crippen molar-refractivity contribution in [2.24, 2.45) is 0 Å². The molecular weight excluding hydrogens is 306 g/mol. The van der Waals surface area contributed by atoms with E-state index >= 15 is 0 Å². The summed E-state index contributed by atoms with van der Waals surface area (Å²) in [7, 11) is 0.509. The first-order valence-electron chi connectivity index (χ1n) is 7.30. The Bertz CT molecular complexity index is 579. The molecule has 0 spiro atoms. The highest BCUT2D eigenvalue weighted by atomic mass is 32.2. The van der Waals surface area contributed by atoms with Crippen molar-refractivity contribution in [3.8, 4) is 0 Å². The van der Waals surface area contributed by atoms with Gasteiger partial charge in [-0.2, -0.15) is 0 Å². The first-order valence-corrected chi connectivity index (χ1v) is 9.60. The van der Waals surface area contributed by atoms with Crippen molar-refractivity contribution in [1.29, 1.82) is 0 Å². The number of rotatable bonds is 8. The van der Waals surface area contributed by atoms with Crippen molar-refractivity contribution in [2.45, 2.75) is 50.2 Å². The second-order valence-corrected chi connectivity index (χ2v) is 8.84. The molecule has 1 fully saturated rings. The molecule has 0 amide bonds. The van der Waals surface area contributed by atoms with Gasteiger partial charge in [-0.1, -0.05) is 0 Å². The summed E-state index contributed by atoms with van der Waals surface area (Å²) in [6, 6.07) is 2.62. The van der Waals surface area contributed by atoms with E-state index in [9.17, 15) is 8.42 Å². The third kappa shape index (κ3) is 4.26. The molecule has 1 atom stereocenters.